The van der Waals surface area contributed by atoms with Gasteiger partial charge in [0, 0.05) is 36.5 Å². The van der Waals surface area contributed by atoms with Gasteiger partial charge in [-0.2, -0.15) is 0 Å². The lowest BCUT2D eigenvalue weighted by molar-refractivity contribution is 0.0125. The first-order chi connectivity index (χ1) is 13.7. The highest BCUT2D eigenvalue weighted by molar-refractivity contribution is 5.91. The lowest BCUT2D eigenvalue weighted by Gasteiger charge is -2.36. The smallest absolute Gasteiger partial charge is 0.410 e. The number of pyridine rings is 1. The normalized spacial score (nSPS) is 21.2. The molecule has 2 aromatic heterocycles. The average molecular weight is 407 g/mol. The van der Waals surface area contributed by atoms with Gasteiger partial charge in [-0.05, 0) is 40.2 Å². The number of carbonyl (C=O) groups is 1. The maximum atomic E-state index is 15.0. The van der Waals surface area contributed by atoms with Crippen molar-refractivity contribution in [1.29, 1.82) is 0 Å². The molecule has 0 saturated carbocycles. The Kier molecular flexibility index (Phi) is 6.28. The van der Waals surface area contributed by atoms with Gasteiger partial charge in [0.05, 0.1) is 18.3 Å². The van der Waals surface area contributed by atoms with Crippen LogP contribution in [0.2, 0.25) is 0 Å². The number of halogens is 1. The van der Waals surface area contributed by atoms with Gasteiger partial charge < -0.3 is 30.4 Å². The van der Waals surface area contributed by atoms with Crippen molar-refractivity contribution >= 4 is 22.8 Å². The molecule has 9 heteroatoms. The van der Waals surface area contributed by atoms with Gasteiger partial charge in [0.2, 0.25) is 0 Å². The van der Waals surface area contributed by atoms with Crippen molar-refractivity contribution in [1.82, 2.24) is 14.9 Å². The van der Waals surface area contributed by atoms with E-state index in [0.717, 1.165) is 5.39 Å². The molecule has 1 fully saturated rings. The summed E-state index contributed by atoms with van der Waals surface area (Å²) in [5.41, 5.74) is 7.59. The zero-order valence-corrected chi connectivity index (χ0v) is 17.4. The minimum atomic E-state index is -1.26. The summed E-state index contributed by atoms with van der Waals surface area (Å²) >= 11 is 0. The first-order valence-electron chi connectivity index (χ1n) is 9.91. The van der Waals surface area contributed by atoms with Crippen LogP contribution in [0, 0.1) is 0 Å². The summed E-state index contributed by atoms with van der Waals surface area (Å²) < 4.78 is 25.9. The number of alkyl halides is 1. The topological polar surface area (TPSA) is 105 Å². The van der Waals surface area contributed by atoms with Crippen LogP contribution in [0.15, 0.2) is 18.5 Å². The number of anilines is 1. The van der Waals surface area contributed by atoms with E-state index in [9.17, 15) is 9.18 Å². The summed E-state index contributed by atoms with van der Waals surface area (Å²) in [6.45, 7) is 8.06. The summed E-state index contributed by atoms with van der Waals surface area (Å²) in [4.78, 5) is 21.1. The minimum Gasteiger partial charge on any atom is -0.444 e. The Bertz CT molecular complexity index is 850. The summed E-state index contributed by atoms with van der Waals surface area (Å²) in [7, 11) is 0. The molecule has 160 valence electrons. The van der Waals surface area contributed by atoms with Crippen molar-refractivity contribution < 1.29 is 18.7 Å². The lowest BCUT2D eigenvalue weighted by Crippen LogP contribution is -2.51. The number of H-pyrrole nitrogens is 1. The molecule has 3 atom stereocenters. The monoisotopic (exact) mass is 407 g/mol. The molecule has 0 bridgehead atoms. The molecule has 8 nitrogen and oxygen atoms in total. The highest BCUT2D eigenvalue weighted by Gasteiger charge is 2.34. The zero-order valence-electron chi connectivity index (χ0n) is 17.4. The number of rotatable bonds is 5. The van der Waals surface area contributed by atoms with Crippen LogP contribution in [0.1, 0.15) is 45.9 Å². The van der Waals surface area contributed by atoms with Gasteiger partial charge in [-0.15, -0.1) is 0 Å². The Morgan fingerprint density at radius 2 is 2.28 bits per heavy atom. The second-order valence-corrected chi connectivity index (χ2v) is 8.19. The van der Waals surface area contributed by atoms with Gasteiger partial charge >= 0.3 is 6.09 Å². The Balaban J connectivity index is 1.77. The maximum Gasteiger partial charge on any atom is 0.410 e. The highest BCUT2D eigenvalue weighted by atomic mass is 19.1. The van der Waals surface area contributed by atoms with Crippen LogP contribution in [0.3, 0.4) is 0 Å². The van der Waals surface area contributed by atoms with Crippen molar-refractivity contribution in [3.05, 3.63) is 24.0 Å². The summed E-state index contributed by atoms with van der Waals surface area (Å²) in [5.74, 6) is 0. The molecule has 1 amide bonds. The molecule has 0 spiro atoms. The number of amides is 1. The molecule has 2 aromatic rings. The highest BCUT2D eigenvalue weighted by Crippen LogP contribution is 2.32. The van der Waals surface area contributed by atoms with Gasteiger partial charge in [-0.3, -0.25) is 0 Å². The van der Waals surface area contributed by atoms with Crippen LogP contribution < -0.4 is 11.1 Å². The van der Waals surface area contributed by atoms with Crippen molar-refractivity contribution in [3.8, 4) is 0 Å². The minimum absolute atomic E-state index is 0.0270. The first kappa shape index (κ1) is 21.3. The molecule has 4 N–H and O–H groups in total. The number of hydrogen-bond acceptors (Lipinski definition) is 6. The van der Waals surface area contributed by atoms with E-state index in [4.69, 9.17) is 15.2 Å². The molecule has 1 saturated heterocycles. The molecule has 0 radical (unpaired) electrons. The number of hydrogen-bond donors (Lipinski definition) is 3. The fourth-order valence-electron chi connectivity index (χ4n) is 3.41. The molecule has 1 aliphatic rings. The predicted molar refractivity (Wildman–Crippen MR) is 109 cm³/mol. The van der Waals surface area contributed by atoms with E-state index in [1.807, 2.05) is 13.0 Å². The number of aromatic amines is 1. The van der Waals surface area contributed by atoms with Gasteiger partial charge in [0.15, 0.2) is 0 Å². The molecular weight excluding hydrogens is 377 g/mol. The van der Waals surface area contributed by atoms with E-state index >= 15 is 0 Å². The van der Waals surface area contributed by atoms with Gasteiger partial charge in [0.25, 0.3) is 0 Å². The Hall–Kier alpha value is -2.39. The summed E-state index contributed by atoms with van der Waals surface area (Å²) in [6, 6.07) is 1.40. The van der Waals surface area contributed by atoms with E-state index < -0.39 is 30.1 Å². The van der Waals surface area contributed by atoms with Crippen LogP contribution >= 0.6 is 0 Å². The fraction of sp³-hybridized carbons (Fsp3) is 0.600. The predicted octanol–water partition coefficient (Wildman–Crippen LogP) is 3.32. The van der Waals surface area contributed by atoms with E-state index in [2.05, 4.69) is 15.3 Å². The lowest BCUT2D eigenvalue weighted by atomic mass is 10.0. The quantitative estimate of drug-likeness (QED) is 0.657. The number of carbonyl (C=O) groups excluding carboxylic acids is 1. The van der Waals surface area contributed by atoms with Crippen LogP contribution in [-0.4, -0.2) is 58.5 Å². The maximum absolute atomic E-state index is 15.0. The molecule has 0 aliphatic carbocycles. The summed E-state index contributed by atoms with van der Waals surface area (Å²) in [5, 5.41) is 4.12. The molecule has 1 aliphatic heterocycles. The van der Waals surface area contributed by atoms with Crippen molar-refractivity contribution in [2.75, 3.05) is 25.0 Å². The van der Waals surface area contributed by atoms with E-state index in [0.29, 0.717) is 36.5 Å². The number of nitrogens with zero attached hydrogens (tertiary/aromatic N) is 2. The summed E-state index contributed by atoms with van der Waals surface area (Å²) in [6.07, 6.45) is 1.44. The van der Waals surface area contributed by atoms with Crippen LogP contribution in [0.4, 0.5) is 14.9 Å². The largest absolute Gasteiger partial charge is 0.444 e. The number of fused-ring (bicyclic) bond motifs is 1. The van der Waals surface area contributed by atoms with Crippen LogP contribution in [0.5, 0.6) is 0 Å². The van der Waals surface area contributed by atoms with Crippen LogP contribution in [-0.2, 0) is 9.47 Å². The van der Waals surface area contributed by atoms with Gasteiger partial charge in [0.1, 0.15) is 23.6 Å². The third kappa shape index (κ3) is 4.97. The van der Waals surface area contributed by atoms with Crippen molar-refractivity contribution in [2.45, 2.75) is 58.2 Å². The standard InChI is InChI=1S/C20H30FN5O3/c1-5-28-17(22)13-10-24-18-12(6-8-23-18)16(13)25-15-7-9-26(11-14(15)21)19(27)29-20(2,3)4/h6,8,10,14-15,17H,5,7,9,11,22H2,1-4H3,(H2,23,24,25)/t14-,15-,17?/m1/s1. The fourth-order valence-corrected chi connectivity index (χ4v) is 3.41. The van der Waals surface area contributed by atoms with E-state index in [-0.39, 0.29) is 6.54 Å². The third-order valence-electron chi connectivity index (χ3n) is 4.79. The molecule has 3 heterocycles. The Labute approximate surface area is 169 Å². The molecule has 3 rings (SSSR count). The molecular formula is C20H30FN5O3. The third-order valence-corrected chi connectivity index (χ3v) is 4.79. The number of nitrogens with two attached hydrogens (primary N) is 1. The van der Waals surface area contributed by atoms with E-state index in [1.165, 1.54) is 4.90 Å². The van der Waals surface area contributed by atoms with Crippen LogP contribution in [0.25, 0.3) is 11.0 Å². The zero-order chi connectivity index (χ0) is 21.2. The number of aromatic nitrogens is 2. The molecule has 29 heavy (non-hydrogen) atoms. The number of ether oxygens (including phenoxy) is 2. The number of likely N-dealkylation sites (tertiary alicyclic amines) is 1. The second-order valence-electron chi connectivity index (χ2n) is 8.19. The van der Waals surface area contributed by atoms with Gasteiger partial charge in [-0.1, -0.05) is 0 Å². The Morgan fingerprint density at radius 1 is 1.52 bits per heavy atom. The average Bonchev–Trinajstić information content (AvgIpc) is 3.11. The first-order valence-corrected chi connectivity index (χ1v) is 9.91. The SMILES string of the molecule is CCOC(N)c1cnc2[nH]ccc2c1N[C@@H]1CCN(C(=O)OC(C)(C)C)C[C@H]1F. The van der Waals surface area contributed by atoms with Crippen molar-refractivity contribution in [3.63, 3.8) is 0 Å². The molecule has 1 unspecified atom stereocenters. The van der Waals surface area contributed by atoms with Gasteiger partial charge in [-0.25, -0.2) is 14.2 Å². The number of nitrogens with one attached hydrogen (secondary N) is 2. The number of piperidine rings is 1. The Morgan fingerprint density at radius 3 is 2.93 bits per heavy atom. The molecule has 0 aromatic carbocycles. The second kappa shape index (κ2) is 8.54. The van der Waals surface area contributed by atoms with E-state index in [1.54, 1.807) is 33.2 Å². The van der Waals surface area contributed by atoms with Crippen molar-refractivity contribution in [2.24, 2.45) is 5.73 Å².